The Hall–Kier alpha value is -1.59. The zero-order chi connectivity index (χ0) is 40.3. The summed E-state index contributed by atoms with van der Waals surface area (Å²) in [5, 5.41) is 0. The summed E-state index contributed by atoms with van der Waals surface area (Å²) < 4.78 is 16.7. The van der Waals surface area contributed by atoms with Crippen LogP contribution in [0, 0.1) is 5.92 Å². The molecule has 0 amide bonds. The van der Waals surface area contributed by atoms with E-state index in [9.17, 15) is 14.4 Å². The van der Waals surface area contributed by atoms with Crippen molar-refractivity contribution in [2.75, 3.05) is 13.2 Å². The number of esters is 3. The summed E-state index contributed by atoms with van der Waals surface area (Å²) in [6.45, 7) is 8.97. The summed E-state index contributed by atoms with van der Waals surface area (Å²) in [5.41, 5.74) is 0. The van der Waals surface area contributed by atoms with Gasteiger partial charge in [0.15, 0.2) is 6.10 Å². The lowest BCUT2D eigenvalue weighted by molar-refractivity contribution is -0.167. The van der Waals surface area contributed by atoms with Gasteiger partial charge in [0.25, 0.3) is 0 Å². The molecule has 0 aromatic rings. The minimum atomic E-state index is -0.759. The molecule has 0 heterocycles. The van der Waals surface area contributed by atoms with E-state index in [4.69, 9.17) is 14.2 Å². The number of unbranched alkanes of at least 4 members (excludes halogenated alkanes) is 31. The van der Waals surface area contributed by atoms with Gasteiger partial charge in [-0.25, -0.2) is 0 Å². The lowest BCUT2D eigenvalue weighted by Gasteiger charge is -2.18. The number of carbonyl (C=O) groups excluding carboxylic acids is 3. The normalized spacial score (nSPS) is 11.9. The van der Waals surface area contributed by atoms with Crippen LogP contribution in [0.5, 0.6) is 0 Å². The molecule has 326 valence electrons. The molecule has 0 aliphatic rings. The SMILES string of the molecule is CCCCCCCCCCCCCCCCCCC(=O)O[C@@H](COC(=O)CCCCCCCCCCCC)COC(=O)CCCCCCCCCCC(C)C. The fraction of sp³-hybridized carbons (Fsp3) is 0.939. The molecule has 0 saturated carbocycles. The highest BCUT2D eigenvalue weighted by atomic mass is 16.6. The zero-order valence-electron chi connectivity index (χ0n) is 37.4. The summed E-state index contributed by atoms with van der Waals surface area (Å²) in [7, 11) is 0. The Bertz CT molecular complexity index is 826. The number of rotatable bonds is 44. The van der Waals surface area contributed by atoms with Gasteiger partial charge in [-0.15, -0.1) is 0 Å². The second-order valence-corrected chi connectivity index (χ2v) is 17.2. The Morgan fingerprint density at radius 3 is 0.891 bits per heavy atom. The van der Waals surface area contributed by atoms with E-state index < -0.39 is 6.10 Å². The van der Waals surface area contributed by atoms with Crippen molar-refractivity contribution in [3.63, 3.8) is 0 Å². The number of hydrogen-bond donors (Lipinski definition) is 0. The van der Waals surface area contributed by atoms with Gasteiger partial charge in [-0.2, -0.15) is 0 Å². The monoisotopic (exact) mass is 779 g/mol. The van der Waals surface area contributed by atoms with E-state index in [1.807, 2.05) is 0 Å². The second kappa shape index (κ2) is 43.5. The van der Waals surface area contributed by atoms with Gasteiger partial charge in [-0.05, 0) is 25.2 Å². The molecule has 0 fully saturated rings. The molecule has 0 aromatic carbocycles. The smallest absolute Gasteiger partial charge is 0.306 e. The minimum absolute atomic E-state index is 0.0637. The molecule has 0 radical (unpaired) electrons. The fourth-order valence-electron chi connectivity index (χ4n) is 7.33. The predicted molar refractivity (Wildman–Crippen MR) is 233 cm³/mol. The van der Waals surface area contributed by atoms with Gasteiger partial charge >= 0.3 is 17.9 Å². The zero-order valence-corrected chi connectivity index (χ0v) is 37.4. The Kier molecular flexibility index (Phi) is 42.3. The number of ether oxygens (including phenoxy) is 3. The Labute approximate surface area is 342 Å². The number of carbonyl (C=O) groups is 3. The first-order chi connectivity index (χ1) is 26.9. The van der Waals surface area contributed by atoms with Gasteiger partial charge in [0.05, 0.1) is 0 Å². The van der Waals surface area contributed by atoms with Crippen LogP contribution >= 0.6 is 0 Å². The topological polar surface area (TPSA) is 78.9 Å². The molecule has 0 spiro atoms. The molecule has 0 saturated heterocycles. The maximum Gasteiger partial charge on any atom is 0.306 e. The second-order valence-electron chi connectivity index (χ2n) is 17.2. The summed E-state index contributed by atoms with van der Waals surface area (Å²) >= 11 is 0. The van der Waals surface area contributed by atoms with Crippen LogP contribution in [0.1, 0.15) is 272 Å². The van der Waals surface area contributed by atoms with Crippen molar-refractivity contribution in [2.45, 2.75) is 278 Å². The molecule has 0 unspecified atom stereocenters. The van der Waals surface area contributed by atoms with E-state index in [1.165, 1.54) is 167 Å². The molecule has 0 bridgehead atoms. The Balaban J connectivity index is 4.29. The quantitative estimate of drug-likeness (QED) is 0.0348. The highest BCUT2D eigenvalue weighted by Crippen LogP contribution is 2.16. The first-order valence-corrected chi connectivity index (χ1v) is 24.4. The lowest BCUT2D eigenvalue weighted by atomic mass is 10.0. The third-order valence-corrected chi connectivity index (χ3v) is 11.0. The Morgan fingerprint density at radius 1 is 0.345 bits per heavy atom. The van der Waals surface area contributed by atoms with Crippen LogP contribution in [0.2, 0.25) is 0 Å². The van der Waals surface area contributed by atoms with Crippen LogP contribution in [0.3, 0.4) is 0 Å². The Morgan fingerprint density at radius 2 is 0.600 bits per heavy atom. The van der Waals surface area contributed by atoms with Crippen molar-refractivity contribution in [3.8, 4) is 0 Å². The van der Waals surface area contributed by atoms with Crippen molar-refractivity contribution in [3.05, 3.63) is 0 Å². The van der Waals surface area contributed by atoms with E-state index >= 15 is 0 Å². The molecule has 0 rings (SSSR count). The van der Waals surface area contributed by atoms with Crippen molar-refractivity contribution in [2.24, 2.45) is 5.92 Å². The summed E-state index contributed by atoms with van der Waals surface area (Å²) in [5.74, 6) is -0.0554. The summed E-state index contributed by atoms with van der Waals surface area (Å²) in [6, 6.07) is 0. The molecular formula is C49H94O6. The largest absolute Gasteiger partial charge is 0.462 e. The van der Waals surface area contributed by atoms with Crippen LogP contribution in [-0.2, 0) is 28.6 Å². The van der Waals surface area contributed by atoms with Crippen LogP contribution in [0.4, 0.5) is 0 Å². The molecule has 0 aliphatic heterocycles. The maximum absolute atomic E-state index is 12.7. The fourth-order valence-corrected chi connectivity index (χ4v) is 7.33. The van der Waals surface area contributed by atoms with E-state index in [0.29, 0.717) is 19.3 Å². The molecule has 6 heteroatoms. The van der Waals surface area contributed by atoms with Gasteiger partial charge in [-0.1, -0.05) is 233 Å². The van der Waals surface area contributed by atoms with Gasteiger partial charge in [0, 0.05) is 19.3 Å². The van der Waals surface area contributed by atoms with Gasteiger partial charge in [-0.3, -0.25) is 14.4 Å². The number of hydrogen-bond acceptors (Lipinski definition) is 6. The van der Waals surface area contributed by atoms with Crippen LogP contribution in [-0.4, -0.2) is 37.2 Å². The van der Waals surface area contributed by atoms with Crippen molar-refractivity contribution >= 4 is 17.9 Å². The van der Waals surface area contributed by atoms with E-state index in [-0.39, 0.29) is 31.1 Å². The van der Waals surface area contributed by atoms with E-state index in [1.54, 1.807) is 0 Å². The van der Waals surface area contributed by atoms with Crippen molar-refractivity contribution in [1.29, 1.82) is 0 Å². The third-order valence-electron chi connectivity index (χ3n) is 11.0. The van der Waals surface area contributed by atoms with E-state index in [2.05, 4.69) is 27.7 Å². The highest BCUT2D eigenvalue weighted by molar-refractivity contribution is 5.71. The first-order valence-electron chi connectivity index (χ1n) is 24.4. The standard InChI is InChI=1S/C49H94O6/c1-5-7-9-11-13-15-17-18-19-20-21-22-24-30-34-38-42-49(52)55-46(43-53-47(50)40-36-32-28-23-16-14-12-10-8-6-2)44-54-48(51)41-37-33-29-26-25-27-31-35-39-45(3)4/h45-46H,5-44H2,1-4H3/t46-/m0/s1. The lowest BCUT2D eigenvalue weighted by Crippen LogP contribution is -2.30. The summed E-state index contributed by atoms with van der Waals surface area (Å²) in [6.07, 6.45) is 43.8. The van der Waals surface area contributed by atoms with Crippen LogP contribution in [0.15, 0.2) is 0 Å². The summed E-state index contributed by atoms with van der Waals surface area (Å²) in [4.78, 5) is 37.8. The first kappa shape index (κ1) is 53.4. The molecule has 0 aromatic heterocycles. The highest BCUT2D eigenvalue weighted by Gasteiger charge is 2.19. The molecule has 0 aliphatic carbocycles. The van der Waals surface area contributed by atoms with Gasteiger partial charge in [0.1, 0.15) is 13.2 Å². The molecule has 0 N–H and O–H groups in total. The van der Waals surface area contributed by atoms with Crippen molar-refractivity contribution in [1.82, 2.24) is 0 Å². The van der Waals surface area contributed by atoms with Crippen LogP contribution < -0.4 is 0 Å². The van der Waals surface area contributed by atoms with Gasteiger partial charge in [0.2, 0.25) is 0 Å². The average Bonchev–Trinajstić information content (AvgIpc) is 3.17. The molecule has 1 atom stereocenters. The van der Waals surface area contributed by atoms with E-state index in [0.717, 1.165) is 63.7 Å². The molecular weight excluding hydrogens is 685 g/mol. The van der Waals surface area contributed by atoms with Crippen molar-refractivity contribution < 1.29 is 28.6 Å². The maximum atomic E-state index is 12.7. The van der Waals surface area contributed by atoms with Gasteiger partial charge < -0.3 is 14.2 Å². The molecule has 6 nitrogen and oxygen atoms in total. The average molecular weight is 779 g/mol. The van der Waals surface area contributed by atoms with Crippen LogP contribution in [0.25, 0.3) is 0 Å². The molecule has 55 heavy (non-hydrogen) atoms. The third kappa shape index (κ3) is 43.4. The predicted octanol–water partition coefficient (Wildman–Crippen LogP) is 15.5. The minimum Gasteiger partial charge on any atom is -0.462 e.